The molecule has 21 heavy (non-hydrogen) atoms. The van der Waals surface area contributed by atoms with E-state index in [-0.39, 0.29) is 0 Å². The van der Waals surface area contributed by atoms with E-state index in [4.69, 9.17) is 4.74 Å². The van der Waals surface area contributed by atoms with Crippen molar-refractivity contribution in [2.24, 2.45) is 11.8 Å². The van der Waals surface area contributed by atoms with Crippen LogP contribution in [0, 0.1) is 11.8 Å². The van der Waals surface area contributed by atoms with E-state index < -0.39 is 0 Å². The third kappa shape index (κ3) is 3.11. The molecule has 2 saturated carbocycles. The summed E-state index contributed by atoms with van der Waals surface area (Å²) in [5.41, 5.74) is 3.00. The molecule has 0 bridgehead atoms. The van der Waals surface area contributed by atoms with Gasteiger partial charge < -0.3 is 4.74 Å². The molecule has 3 aliphatic rings. The average molecular weight is 285 g/mol. The van der Waals surface area contributed by atoms with E-state index in [0.29, 0.717) is 0 Å². The number of rotatable bonds is 6. The first-order valence-corrected chi connectivity index (χ1v) is 8.72. The number of benzene rings is 1. The van der Waals surface area contributed by atoms with E-state index >= 15 is 0 Å². The standard InChI is InChI=1S/C19H27NO/c1-21-19-4-2-3-16-11-17(9-10-18(16)19)20(12-14-5-6-14)13-15-7-8-15/h2-4,14-15,17H,5-13H2,1H3. The first-order valence-electron chi connectivity index (χ1n) is 8.72. The van der Waals surface area contributed by atoms with Crippen LogP contribution in [-0.4, -0.2) is 31.1 Å². The topological polar surface area (TPSA) is 12.5 Å². The van der Waals surface area contributed by atoms with Crippen LogP contribution in [0.4, 0.5) is 0 Å². The van der Waals surface area contributed by atoms with Crippen molar-refractivity contribution in [3.05, 3.63) is 29.3 Å². The zero-order chi connectivity index (χ0) is 14.2. The fraction of sp³-hybridized carbons (Fsp3) is 0.684. The molecule has 4 rings (SSSR count). The van der Waals surface area contributed by atoms with Gasteiger partial charge in [-0.2, -0.15) is 0 Å². The Balaban J connectivity index is 1.49. The molecule has 1 aromatic rings. The van der Waals surface area contributed by atoms with Gasteiger partial charge in [-0.1, -0.05) is 12.1 Å². The zero-order valence-electron chi connectivity index (χ0n) is 13.2. The second kappa shape index (κ2) is 5.64. The van der Waals surface area contributed by atoms with E-state index in [1.807, 2.05) is 0 Å². The number of ether oxygens (including phenoxy) is 1. The SMILES string of the molecule is COc1cccc2c1CCC(N(CC1CC1)CC1CC1)C2. The van der Waals surface area contributed by atoms with Gasteiger partial charge in [-0.25, -0.2) is 0 Å². The predicted molar refractivity (Wildman–Crippen MR) is 85.8 cm³/mol. The third-order valence-corrected chi connectivity index (χ3v) is 5.53. The Morgan fingerprint density at radius 2 is 1.76 bits per heavy atom. The predicted octanol–water partition coefficient (Wildman–Crippen LogP) is 3.67. The monoisotopic (exact) mass is 285 g/mol. The molecule has 0 aliphatic heterocycles. The van der Waals surface area contributed by atoms with Crippen LogP contribution in [0.1, 0.15) is 43.2 Å². The number of hydrogen-bond donors (Lipinski definition) is 0. The normalized spacial score (nSPS) is 25.0. The van der Waals surface area contributed by atoms with E-state index in [0.717, 1.165) is 23.6 Å². The number of methoxy groups -OCH3 is 1. The van der Waals surface area contributed by atoms with Gasteiger partial charge in [-0.05, 0) is 74.0 Å². The Hall–Kier alpha value is -1.02. The molecule has 1 atom stereocenters. The number of hydrogen-bond acceptors (Lipinski definition) is 2. The van der Waals surface area contributed by atoms with Crippen molar-refractivity contribution in [1.29, 1.82) is 0 Å². The second-order valence-corrected chi connectivity index (χ2v) is 7.34. The molecule has 0 aromatic heterocycles. The molecule has 0 N–H and O–H groups in total. The van der Waals surface area contributed by atoms with Gasteiger partial charge in [0.05, 0.1) is 7.11 Å². The Bertz CT molecular complexity index is 490. The molecule has 0 amide bonds. The maximum absolute atomic E-state index is 5.54. The molecule has 0 saturated heterocycles. The maximum Gasteiger partial charge on any atom is 0.122 e. The minimum atomic E-state index is 0.769. The smallest absolute Gasteiger partial charge is 0.122 e. The molecule has 0 heterocycles. The van der Waals surface area contributed by atoms with Gasteiger partial charge in [0.2, 0.25) is 0 Å². The second-order valence-electron chi connectivity index (χ2n) is 7.34. The lowest BCUT2D eigenvalue weighted by Gasteiger charge is -2.36. The van der Waals surface area contributed by atoms with Gasteiger partial charge in [-0.3, -0.25) is 4.90 Å². The zero-order valence-corrected chi connectivity index (χ0v) is 13.2. The van der Waals surface area contributed by atoms with Gasteiger partial charge in [-0.15, -0.1) is 0 Å². The summed E-state index contributed by atoms with van der Waals surface area (Å²) in [4.78, 5) is 2.84. The highest BCUT2D eigenvalue weighted by Crippen LogP contribution is 2.37. The van der Waals surface area contributed by atoms with Crippen LogP contribution in [0.5, 0.6) is 5.75 Å². The summed E-state index contributed by atoms with van der Waals surface area (Å²) in [5.74, 6) is 3.12. The van der Waals surface area contributed by atoms with Crippen LogP contribution in [0.3, 0.4) is 0 Å². The minimum absolute atomic E-state index is 0.769. The fourth-order valence-electron chi connectivity index (χ4n) is 3.89. The van der Waals surface area contributed by atoms with Gasteiger partial charge in [0, 0.05) is 19.1 Å². The Kier molecular flexibility index (Phi) is 3.66. The highest BCUT2D eigenvalue weighted by atomic mass is 16.5. The maximum atomic E-state index is 5.54. The lowest BCUT2D eigenvalue weighted by Crippen LogP contribution is -2.41. The van der Waals surface area contributed by atoms with Gasteiger partial charge in [0.1, 0.15) is 5.75 Å². The lowest BCUT2D eigenvalue weighted by molar-refractivity contribution is 0.164. The summed E-state index contributed by atoms with van der Waals surface area (Å²) in [5, 5.41) is 0. The molecular weight excluding hydrogens is 258 g/mol. The molecular formula is C19H27NO. The summed E-state index contributed by atoms with van der Waals surface area (Å²) in [7, 11) is 1.80. The average Bonchev–Trinajstić information content (AvgIpc) is 3.41. The molecule has 3 aliphatic carbocycles. The number of nitrogens with zero attached hydrogens (tertiary/aromatic N) is 1. The lowest BCUT2D eigenvalue weighted by atomic mass is 9.86. The molecule has 114 valence electrons. The van der Waals surface area contributed by atoms with Crippen LogP contribution >= 0.6 is 0 Å². The van der Waals surface area contributed by atoms with E-state index in [1.54, 1.807) is 7.11 Å². The summed E-state index contributed by atoms with van der Waals surface area (Å²) >= 11 is 0. The molecule has 2 nitrogen and oxygen atoms in total. The van der Waals surface area contributed by atoms with Crippen molar-refractivity contribution in [1.82, 2.24) is 4.90 Å². The highest BCUT2D eigenvalue weighted by Gasteiger charge is 2.34. The Morgan fingerprint density at radius 3 is 2.38 bits per heavy atom. The van der Waals surface area contributed by atoms with E-state index in [2.05, 4.69) is 23.1 Å². The minimum Gasteiger partial charge on any atom is -0.496 e. The molecule has 0 spiro atoms. The van der Waals surface area contributed by atoms with Gasteiger partial charge >= 0.3 is 0 Å². The van der Waals surface area contributed by atoms with Crippen LogP contribution in [-0.2, 0) is 12.8 Å². The van der Waals surface area contributed by atoms with Crippen LogP contribution in [0.2, 0.25) is 0 Å². The quantitative estimate of drug-likeness (QED) is 0.790. The molecule has 2 heteroatoms. The van der Waals surface area contributed by atoms with Crippen molar-refractivity contribution in [3.63, 3.8) is 0 Å². The Morgan fingerprint density at radius 1 is 1.05 bits per heavy atom. The third-order valence-electron chi connectivity index (χ3n) is 5.53. The summed E-state index contributed by atoms with van der Waals surface area (Å²) < 4.78 is 5.54. The van der Waals surface area contributed by atoms with Gasteiger partial charge in [0.15, 0.2) is 0 Å². The van der Waals surface area contributed by atoms with Crippen molar-refractivity contribution in [3.8, 4) is 5.75 Å². The molecule has 1 unspecified atom stereocenters. The van der Waals surface area contributed by atoms with E-state index in [1.165, 1.54) is 69.2 Å². The first kappa shape index (κ1) is 13.6. The summed E-state index contributed by atoms with van der Waals surface area (Å²) in [6.45, 7) is 2.72. The first-order chi connectivity index (χ1) is 10.3. The van der Waals surface area contributed by atoms with Crippen molar-refractivity contribution in [2.45, 2.75) is 51.0 Å². The largest absolute Gasteiger partial charge is 0.496 e. The van der Waals surface area contributed by atoms with E-state index in [9.17, 15) is 0 Å². The molecule has 2 fully saturated rings. The molecule has 0 radical (unpaired) electrons. The van der Waals surface area contributed by atoms with Crippen molar-refractivity contribution >= 4 is 0 Å². The summed E-state index contributed by atoms with van der Waals surface area (Å²) in [6.07, 6.45) is 9.61. The number of fused-ring (bicyclic) bond motifs is 1. The van der Waals surface area contributed by atoms with Crippen LogP contribution in [0.15, 0.2) is 18.2 Å². The van der Waals surface area contributed by atoms with Gasteiger partial charge in [0.25, 0.3) is 0 Å². The van der Waals surface area contributed by atoms with Crippen molar-refractivity contribution in [2.75, 3.05) is 20.2 Å². The Labute approximate surface area is 128 Å². The fourth-order valence-corrected chi connectivity index (χ4v) is 3.89. The highest BCUT2D eigenvalue weighted by molar-refractivity contribution is 5.42. The molecule has 1 aromatic carbocycles. The van der Waals surface area contributed by atoms with Crippen LogP contribution < -0.4 is 4.74 Å². The summed E-state index contributed by atoms with van der Waals surface area (Å²) in [6, 6.07) is 7.36. The van der Waals surface area contributed by atoms with Crippen molar-refractivity contribution < 1.29 is 4.74 Å². The van der Waals surface area contributed by atoms with Crippen LogP contribution in [0.25, 0.3) is 0 Å².